The lowest BCUT2D eigenvalue weighted by Gasteiger charge is -2.10. The van der Waals surface area contributed by atoms with E-state index in [1.165, 1.54) is 22.6 Å². The lowest BCUT2D eigenvalue weighted by atomic mass is 10.1. The highest BCUT2D eigenvalue weighted by molar-refractivity contribution is 5.83. The van der Waals surface area contributed by atoms with Crippen LogP contribution in [0.2, 0.25) is 0 Å². The third-order valence-corrected chi connectivity index (χ3v) is 5.05. The summed E-state index contributed by atoms with van der Waals surface area (Å²) in [5.74, 6) is -0.225. The summed E-state index contributed by atoms with van der Waals surface area (Å²) < 4.78 is 13.4. The molecule has 0 spiro atoms. The highest BCUT2D eigenvalue weighted by Crippen LogP contribution is 2.20. The number of pyridine rings is 1. The number of hydrogen-bond acceptors (Lipinski definition) is 2. The summed E-state index contributed by atoms with van der Waals surface area (Å²) >= 11 is 0. The van der Waals surface area contributed by atoms with Crippen molar-refractivity contribution in [3.63, 3.8) is 0 Å². The summed E-state index contributed by atoms with van der Waals surface area (Å²) in [6.45, 7) is 7.02. The third kappa shape index (κ3) is 4.54. The average molecular weight is 385 g/mol. The molecule has 0 radical (unpaired) electrons. The van der Waals surface area contributed by atoms with Gasteiger partial charge in [-0.3, -0.25) is 4.98 Å². The van der Waals surface area contributed by atoms with Gasteiger partial charge in [0.05, 0.1) is 11.4 Å². The van der Waals surface area contributed by atoms with E-state index in [9.17, 15) is 4.39 Å². The van der Waals surface area contributed by atoms with Crippen molar-refractivity contribution in [1.29, 1.82) is 0 Å². The van der Waals surface area contributed by atoms with E-state index in [0.717, 1.165) is 41.1 Å². The highest BCUT2D eigenvalue weighted by atomic mass is 19.1. The van der Waals surface area contributed by atoms with Crippen molar-refractivity contribution >= 4 is 16.6 Å². The molecule has 0 aliphatic rings. The molecule has 0 aliphatic carbocycles. The second-order valence-electron chi connectivity index (χ2n) is 7.34. The maximum atomic E-state index is 13.4. The largest absolute Gasteiger partial charge is 0.383 e. The Morgan fingerprint density at radius 1 is 1.10 bits per heavy atom. The predicted molar refractivity (Wildman–Crippen MR) is 117 cm³/mol. The molecule has 0 bridgehead atoms. The number of aryl methyl sites for hydroxylation is 1. The molecule has 4 aromatic rings. The van der Waals surface area contributed by atoms with Crippen LogP contribution < -0.4 is 5.32 Å². The van der Waals surface area contributed by atoms with E-state index in [-0.39, 0.29) is 5.82 Å². The van der Waals surface area contributed by atoms with E-state index in [1.807, 2.05) is 24.3 Å². The van der Waals surface area contributed by atoms with Crippen molar-refractivity contribution in [3.05, 3.63) is 107 Å². The van der Waals surface area contributed by atoms with Crippen LogP contribution in [0.25, 0.3) is 16.6 Å². The van der Waals surface area contributed by atoms with E-state index in [0.29, 0.717) is 6.42 Å². The normalized spacial score (nSPS) is 11.0. The van der Waals surface area contributed by atoms with Crippen molar-refractivity contribution in [2.45, 2.75) is 19.8 Å². The Kier molecular flexibility index (Phi) is 5.43. The Morgan fingerprint density at radius 2 is 1.97 bits per heavy atom. The van der Waals surface area contributed by atoms with E-state index in [1.54, 1.807) is 12.1 Å². The van der Waals surface area contributed by atoms with Gasteiger partial charge in [-0.25, -0.2) is 4.39 Å². The Morgan fingerprint density at radius 3 is 2.83 bits per heavy atom. The van der Waals surface area contributed by atoms with Gasteiger partial charge < -0.3 is 10.3 Å². The van der Waals surface area contributed by atoms with Gasteiger partial charge in [-0.05, 0) is 60.9 Å². The Labute approximate surface area is 170 Å². The lowest BCUT2D eigenvalue weighted by Crippen LogP contribution is -2.16. The zero-order valence-corrected chi connectivity index (χ0v) is 16.5. The van der Waals surface area contributed by atoms with Crippen LogP contribution in [0.5, 0.6) is 0 Å². The first kappa shape index (κ1) is 18.9. The first-order valence-electron chi connectivity index (χ1n) is 9.78. The zero-order chi connectivity index (χ0) is 20.2. The van der Waals surface area contributed by atoms with Gasteiger partial charge in [0.25, 0.3) is 0 Å². The summed E-state index contributed by atoms with van der Waals surface area (Å²) in [5.41, 5.74) is 7.12. The van der Waals surface area contributed by atoms with Crippen LogP contribution in [-0.4, -0.2) is 16.5 Å². The minimum Gasteiger partial charge on any atom is -0.383 e. The molecule has 29 heavy (non-hydrogen) atoms. The summed E-state index contributed by atoms with van der Waals surface area (Å²) in [7, 11) is 0. The van der Waals surface area contributed by atoms with E-state index >= 15 is 0 Å². The standard InChI is InChI=1S/C25H24FN3/c1-17-9-10-25-23(13-17)20(16-28-25)11-12-27-18(2)24-8-4-7-22(29-24)15-19-5-3-6-21(26)14-19/h3-10,13-14,16,27-28H,2,11-12,15H2,1H3. The molecule has 2 aromatic carbocycles. The fraction of sp³-hybridized carbons (Fsp3) is 0.160. The molecule has 0 saturated heterocycles. The van der Waals surface area contributed by atoms with Crippen molar-refractivity contribution < 1.29 is 4.39 Å². The molecule has 2 heterocycles. The molecule has 146 valence electrons. The summed E-state index contributed by atoms with van der Waals surface area (Å²) in [6, 6.07) is 18.9. The molecule has 0 amide bonds. The first-order valence-corrected chi connectivity index (χ1v) is 9.78. The van der Waals surface area contributed by atoms with E-state index in [4.69, 9.17) is 0 Å². The number of nitrogens with zero attached hydrogens (tertiary/aromatic N) is 1. The second kappa shape index (κ2) is 8.31. The number of halogens is 1. The van der Waals surface area contributed by atoms with Crippen LogP contribution in [0.3, 0.4) is 0 Å². The van der Waals surface area contributed by atoms with Crippen molar-refractivity contribution in [1.82, 2.24) is 15.3 Å². The average Bonchev–Trinajstić information content (AvgIpc) is 3.10. The molecule has 2 aromatic heterocycles. The number of rotatable bonds is 7. The van der Waals surface area contributed by atoms with Gasteiger partial charge in [0.2, 0.25) is 0 Å². The number of fused-ring (bicyclic) bond motifs is 1. The van der Waals surface area contributed by atoms with Crippen LogP contribution in [0.4, 0.5) is 4.39 Å². The molecule has 0 aliphatic heterocycles. The molecule has 4 heteroatoms. The predicted octanol–water partition coefficient (Wildman–Crippen LogP) is 5.40. The summed E-state index contributed by atoms with van der Waals surface area (Å²) in [4.78, 5) is 8.01. The number of aromatic nitrogens is 2. The minimum absolute atomic E-state index is 0.225. The summed E-state index contributed by atoms with van der Waals surface area (Å²) in [6.07, 6.45) is 3.56. The highest BCUT2D eigenvalue weighted by Gasteiger charge is 2.06. The molecular weight excluding hydrogens is 361 g/mol. The van der Waals surface area contributed by atoms with Gasteiger partial charge in [-0.1, -0.05) is 36.4 Å². The van der Waals surface area contributed by atoms with Crippen LogP contribution in [0.1, 0.15) is 28.1 Å². The quantitative estimate of drug-likeness (QED) is 0.447. The smallest absolute Gasteiger partial charge is 0.123 e. The number of nitrogens with one attached hydrogen (secondary N) is 2. The Bertz CT molecular complexity index is 1160. The van der Waals surface area contributed by atoms with E-state index < -0.39 is 0 Å². The maximum absolute atomic E-state index is 13.4. The molecule has 4 rings (SSSR count). The van der Waals surface area contributed by atoms with Gasteiger partial charge in [-0.15, -0.1) is 0 Å². The van der Waals surface area contributed by atoms with Gasteiger partial charge in [0.15, 0.2) is 0 Å². The van der Waals surface area contributed by atoms with Gasteiger partial charge in [-0.2, -0.15) is 0 Å². The first-order chi connectivity index (χ1) is 14.1. The van der Waals surface area contributed by atoms with Gasteiger partial charge in [0.1, 0.15) is 5.82 Å². The Balaban J connectivity index is 1.39. The van der Waals surface area contributed by atoms with Gasteiger partial charge >= 0.3 is 0 Å². The number of aromatic amines is 1. The van der Waals surface area contributed by atoms with E-state index in [2.05, 4.69) is 53.2 Å². The molecule has 0 unspecified atom stereocenters. The number of benzene rings is 2. The van der Waals surface area contributed by atoms with Gasteiger partial charge in [0, 0.05) is 35.8 Å². The molecule has 0 fully saturated rings. The fourth-order valence-corrected chi connectivity index (χ4v) is 3.54. The van der Waals surface area contributed by atoms with Crippen LogP contribution in [-0.2, 0) is 12.8 Å². The maximum Gasteiger partial charge on any atom is 0.123 e. The summed E-state index contributed by atoms with van der Waals surface area (Å²) in [5, 5.41) is 4.66. The lowest BCUT2D eigenvalue weighted by molar-refractivity contribution is 0.626. The zero-order valence-electron chi connectivity index (χ0n) is 16.5. The topological polar surface area (TPSA) is 40.7 Å². The molecule has 0 saturated carbocycles. The molecule has 3 nitrogen and oxygen atoms in total. The van der Waals surface area contributed by atoms with Crippen LogP contribution in [0, 0.1) is 12.7 Å². The second-order valence-corrected chi connectivity index (χ2v) is 7.34. The molecular formula is C25H24FN3. The van der Waals surface area contributed by atoms with Crippen molar-refractivity contribution in [3.8, 4) is 0 Å². The minimum atomic E-state index is -0.225. The molecule has 2 N–H and O–H groups in total. The SMILES string of the molecule is C=C(NCCc1c[nH]c2ccc(C)cc12)c1cccc(Cc2cccc(F)c2)n1. The Hall–Kier alpha value is -3.40. The van der Waals surface area contributed by atoms with Crippen molar-refractivity contribution in [2.75, 3.05) is 6.54 Å². The van der Waals surface area contributed by atoms with Crippen LogP contribution in [0.15, 0.2) is 73.4 Å². The number of hydrogen-bond donors (Lipinski definition) is 2. The third-order valence-electron chi connectivity index (χ3n) is 5.05. The monoisotopic (exact) mass is 385 g/mol. The fourth-order valence-electron chi connectivity index (χ4n) is 3.54. The van der Waals surface area contributed by atoms with Crippen LogP contribution >= 0.6 is 0 Å². The molecule has 0 atom stereocenters. The van der Waals surface area contributed by atoms with Crippen molar-refractivity contribution in [2.24, 2.45) is 0 Å². The number of H-pyrrole nitrogens is 1.